The van der Waals surface area contributed by atoms with E-state index in [2.05, 4.69) is 54.5 Å². The van der Waals surface area contributed by atoms with Crippen LogP contribution < -0.4 is 0 Å². The van der Waals surface area contributed by atoms with E-state index in [0.717, 1.165) is 6.61 Å². The van der Waals surface area contributed by atoms with Crippen molar-refractivity contribution >= 4 is 8.32 Å². The molecule has 3 heteroatoms. The first-order valence-corrected chi connectivity index (χ1v) is 9.42. The van der Waals surface area contributed by atoms with Crippen molar-refractivity contribution in [2.75, 3.05) is 6.61 Å². The SMILES string of the molecule is CC1OC=CC1CO[Si](C(C)C)(C(C)C)C(C)C. The van der Waals surface area contributed by atoms with Gasteiger partial charge in [-0.3, -0.25) is 0 Å². The summed E-state index contributed by atoms with van der Waals surface area (Å²) in [5.74, 6) is 0.424. The van der Waals surface area contributed by atoms with Crippen LogP contribution in [0.2, 0.25) is 16.6 Å². The van der Waals surface area contributed by atoms with Crippen LogP contribution in [-0.2, 0) is 9.16 Å². The molecule has 18 heavy (non-hydrogen) atoms. The molecular formula is C15H30O2Si. The second-order valence-corrected chi connectivity index (χ2v) is 11.9. The Hall–Kier alpha value is -0.283. The van der Waals surface area contributed by atoms with Gasteiger partial charge >= 0.3 is 0 Å². The Bertz CT molecular complexity index is 262. The first kappa shape index (κ1) is 15.8. The summed E-state index contributed by atoms with van der Waals surface area (Å²) < 4.78 is 12.0. The minimum absolute atomic E-state index is 0.267. The third-order valence-electron chi connectivity index (χ3n) is 4.45. The minimum atomic E-state index is -1.71. The van der Waals surface area contributed by atoms with Crippen LogP contribution >= 0.6 is 0 Å². The highest BCUT2D eigenvalue weighted by Crippen LogP contribution is 2.42. The van der Waals surface area contributed by atoms with Crippen molar-refractivity contribution in [3.05, 3.63) is 12.3 Å². The maximum absolute atomic E-state index is 6.58. The molecular weight excluding hydrogens is 240 g/mol. The molecule has 106 valence electrons. The lowest BCUT2D eigenvalue weighted by Gasteiger charge is -2.42. The van der Waals surface area contributed by atoms with Gasteiger partial charge in [0.1, 0.15) is 6.10 Å². The van der Waals surface area contributed by atoms with Gasteiger partial charge in [-0.2, -0.15) is 0 Å². The standard InChI is InChI=1S/C15H30O2Si/c1-11(2)18(12(3)4,13(5)6)17-10-15-8-9-16-14(15)7/h8-9,11-15H,10H2,1-7H3. The zero-order chi connectivity index (χ0) is 13.9. The minimum Gasteiger partial charge on any atom is -0.498 e. The Labute approximate surface area is 114 Å². The molecule has 0 spiro atoms. The second-order valence-electron chi connectivity index (χ2n) is 6.46. The lowest BCUT2D eigenvalue weighted by atomic mass is 10.1. The molecule has 1 aliphatic rings. The molecule has 0 aromatic heterocycles. The molecule has 0 N–H and O–H groups in total. The largest absolute Gasteiger partial charge is 0.498 e. The van der Waals surface area contributed by atoms with Crippen LogP contribution in [0.1, 0.15) is 48.5 Å². The molecule has 0 radical (unpaired) electrons. The Morgan fingerprint density at radius 3 is 1.89 bits per heavy atom. The first-order chi connectivity index (χ1) is 8.32. The smallest absolute Gasteiger partial charge is 0.200 e. The molecule has 0 saturated heterocycles. The molecule has 0 aromatic carbocycles. The molecule has 2 nitrogen and oxygen atoms in total. The van der Waals surface area contributed by atoms with Crippen molar-refractivity contribution < 1.29 is 9.16 Å². The Morgan fingerprint density at radius 2 is 1.56 bits per heavy atom. The predicted molar refractivity (Wildman–Crippen MR) is 80.2 cm³/mol. The molecule has 0 bridgehead atoms. The number of hydrogen-bond donors (Lipinski definition) is 0. The summed E-state index contributed by atoms with van der Waals surface area (Å²) in [4.78, 5) is 0. The van der Waals surface area contributed by atoms with Gasteiger partial charge < -0.3 is 9.16 Å². The molecule has 2 atom stereocenters. The average Bonchev–Trinajstić information content (AvgIpc) is 2.63. The molecule has 1 aliphatic heterocycles. The fraction of sp³-hybridized carbons (Fsp3) is 0.867. The van der Waals surface area contributed by atoms with E-state index in [9.17, 15) is 0 Å². The van der Waals surface area contributed by atoms with Crippen molar-refractivity contribution in [3.8, 4) is 0 Å². The molecule has 1 heterocycles. The summed E-state index contributed by atoms with van der Waals surface area (Å²) in [5, 5.41) is 0. The fourth-order valence-corrected chi connectivity index (χ4v) is 8.94. The zero-order valence-corrected chi connectivity index (χ0v) is 14.1. The van der Waals surface area contributed by atoms with Gasteiger partial charge in [0.15, 0.2) is 8.32 Å². The van der Waals surface area contributed by atoms with Crippen LogP contribution in [0.15, 0.2) is 12.3 Å². The molecule has 1 rings (SSSR count). The predicted octanol–water partition coefficient (Wildman–Crippen LogP) is 4.73. The van der Waals surface area contributed by atoms with Gasteiger partial charge in [0.2, 0.25) is 0 Å². The lowest BCUT2D eigenvalue weighted by molar-refractivity contribution is 0.117. The van der Waals surface area contributed by atoms with Gasteiger partial charge in [0.05, 0.1) is 6.26 Å². The van der Waals surface area contributed by atoms with Gasteiger partial charge in [0, 0.05) is 12.5 Å². The van der Waals surface area contributed by atoms with E-state index in [1.807, 2.05) is 6.26 Å². The summed E-state index contributed by atoms with van der Waals surface area (Å²) in [6, 6.07) is 0. The third-order valence-corrected chi connectivity index (χ3v) is 10.5. The van der Waals surface area contributed by atoms with E-state index in [1.54, 1.807) is 0 Å². The molecule has 2 unspecified atom stereocenters. The van der Waals surface area contributed by atoms with Crippen LogP contribution in [0.5, 0.6) is 0 Å². The molecule has 0 aliphatic carbocycles. The number of rotatable bonds is 6. The van der Waals surface area contributed by atoms with Crippen LogP contribution in [0.25, 0.3) is 0 Å². The van der Waals surface area contributed by atoms with Crippen molar-refractivity contribution in [1.29, 1.82) is 0 Å². The van der Waals surface area contributed by atoms with Crippen LogP contribution in [0, 0.1) is 5.92 Å². The van der Waals surface area contributed by atoms with E-state index in [1.165, 1.54) is 0 Å². The van der Waals surface area contributed by atoms with E-state index in [4.69, 9.17) is 9.16 Å². The van der Waals surface area contributed by atoms with Crippen LogP contribution in [-0.4, -0.2) is 21.0 Å². The zero-order valence-electron chi connectivity index (χ0n) is 13.1. The highest BCUT2D eigenvalue weighted by atomic mass is 28.4. The first-order valence-electron chi connectivity index (χ1n) is 7.28. The number of hydrogen-bond acceptors (Lipinski definition) is 2. The van der Waals surface area contributed by atoms with E-state index >= 15 is 0 Å². The van der Waals surface area contributed by atoms with E-state index in [0.29, 0.717) is 22.5 Å². The van der Waals surface area contributed by atoms with Gasteiger partial charge in [-0.1, -0.05) is 41.5 Å². The maximum atomic E-state index is 6.58. The van der Waals surface area contributed by atoms with E-state index < -0.39 is 8.32 Å². The normalized spacial score (nSPS) is 24.3. The van der Waals surface area contributed by atoms with Crippen molar-refractivity contribution in [1.82, 2.24) is 0 Å². The quantitative estimate of drug-likeness (QED) is 0.650. The summed E-state index contributed by atoms with van der Waals surface area (Å²) in [6.07, 6.45) is 4.23. The van der Waals surface area contributed by atoms with Crippen LogP contribution in [0.3, 0.4) is 0 Å². The average molecular weight is 270 g/mol. The van der Waals surface area contributed by atoms with Gasteiger partial charge in [-0.15, -0.1) is 0 Å². The molecule has 0 amide bonds. The highest BCUT2D eigenvalue weighted by Gasteiger charge is 2.45. The Balaban J connectivity index is 2.75. The van der Waals surface area contributed by atoms with Crippen molar-refractivity contribution in [3.63, 3.8) is 0 Å². The third kappa shape index (κ3) is 2.99. The van der Waals surface area contributed by atoms with E-state index in [-0.39, 0.29) is 6.10 Å². The fourth-order valence-electron chi connectivity index (χ4n) is 3.46. The van der Waals surface area contributed by atoms with Crippen molar-refractivity contribution in [2.45, 2.75) is 71.2 Å². The molecule has 0 fully saturated rings. The Morgan fingerprint density at radius 1 is 1.06 bits per heavy atom. The topological polar surface area (TPSA) is 18.5 Å². The molecule has 0 saturated carbocycles. The van der Waals surface area contributed by atoms with Gasteiger partial charge in [-0.05, 0) is 29.6 Å². The second kappa shape index (κ2) is 6.24. The van der Waals surface area contributed by atoms with Crippen molar-refractivity contribution in [2.24, 2.45) is 5.92 Å². The lowest BCUT2D eigenvalue weighted by Crippen LogP contribution is -2.48. The highest BCUT2D eigenvalue weighted by molar-refractivity contribution is 6.77. The number of ether oxygens (including phenoxy) is 1. The summed E-state index contributed by atoms with van der Waals surface area (Å²) in [6.45, 7) is 16.9. The summed E-state index contributed by atoms with van der Waals surface area (Å²) >= 11 is 0. The van der Waals surface area contributed by atoms with Crippen LogP contribution in [0.4, 0.5) is 0 Å². The van der Waals surface area contributed by atoms with Gasteiger partial charge in [0.25, 0.3) is 0 Å². The molecule has 0 aromatic rings. The monoisotopic (exact) mass is 270 g/mol. The summed E-state index contributed by atoms with van der Waals surface area (Å²) in [7, 11) is -1.71. The van der Waals surface area contributed by atoms with Gasteiger partial charge in [-0.25, -0.2) is 0 Å². The maximum Gasteiger partial charge on any atom is 0.200 e. The Kier molecular flexibility index (Phi) is 5.47. The summed E-state index contributed by atoms with van der Waals surface area (Å²) in [5.41, 5.74) is 1.96.